The monoisotopic (exact) mass is 236 g/mol. The Morgan fingerprint density at radius 3 is 3.00 bits per heavy atom. The molecule has 2 rings (SSSR count). The third kappa shape index (κ3) is 2.35. The van der Waals surface area contributed by atoms with Crippen molar-refractivity contribution in [2.45, 2.75) is 25.7 Å². The number of hydrogen-bond donors (Lipinski definition) is 1. The van der Waals surface area contributed by atoms with Crippen LogP contribution in [0, 0.1) is 0 Å². The van der Waals surface area contributed by atoms with Crippen molar-refractivity contribution in [1.29, 1.82) is 0 Å². The number of hydrogen-bond acceptors (Lipinski definition) is 3. The molecule has 17 heavy (non-hydrogen) atoms. The molecule has 0 radical (unpaired) electrons. The van der Waals surface area contributed by atoms with E-state index in [1.807, 2.05) is 19.1 Å². The molecule has 0 bridgehead atoms. The van der Waals surface area contributed by atoms with Gasteiger partial charge in [-0.3, -0.25) is 4.79 Å². The first-order valence-corrected chi connectivity index (χ1v) is 5.67. The maximum atomic E-state index is 10.8. The molecule has 0 aliphatic carbocycles. The number of carboxylic acid groups (broad SMARTS) is 1. The van der Waals surface area contributed by atoms with E-state index in [-0.39, 0.29) is 12.3 Å². The van der Waals surface area contributed by atoms with Gasteiger partial charge in [-0.1, -0.05) is 6.92 Å². The molecule has 0 aromatic heterocycles. The lowest BCUT2D eigenvalue weighted by Crippen LogP contribution is -2.05. The Bertz CT molecular complexity index is 439. The Morgan fingerprint density at radius 1 is 1.59 bits per heavy atom. The van der Waals surface area contributed by atoms with E-state index in [1.54, 1.807) is 7.11 Å². The average Bonchev–Trinajstić information content (AvgIpc) is 2.73. The van der Waals surface area contributed by atoms with Crippen molar-refractivity contribution in [3.05, 3.63) is 23.3 Å². The highest BCUT2D eigenvalue weighted by Gasteiger charge is 2.20. The van der Waals surface area contributed by atoms with Crippen molar-refractivity contribution in [1.82, 2.24) is 0 Å². The summed E-state index contributed by atoms with van der Waals surface area (Å²) in [7, 11) is 1.59. The average molecular weight is 236 g/mol. The van der Waals surface area contributed by atoms with Crippen molar-refractivity contribution in [3.8, 4) is 11.5 Å². The van der Waals surface area contributed by atoms with Gasteiger partial charge >= 0.3 is 5.97 Å². The van der Waals surface area contributed by atoms with Crippen LogP contribution in [0.4, 0.5) is 0 Å². The van der Waals surface area contributed by atoms with Crippen molar-refractivity contribution in [3.63, 3.8) is 0 Å². The van der Waals surface area contributed by atoms with Gasteiger partial charge in [0.1, 0.15) is 11.5 Å². The Balaban J connectivity index is 2.35. The van der Waals surface area contributed by atoms with Crippen molar-refractivity contribution in [2.24, 2.45) is 0 Å². The number of benzene rings is 1. The Hall–Kier alpha value is -1.71. The summed E-state index contributed by atoms with van der Waals surface area (Å²) in [4.78, 5) is 10.8. The molecule has 4 nitrogen and oxygen atoms in total. The van der Waals surface area contributed by atoms with Gasteiger partial charge in [-0.25, -0.2) is 0 Å². The highest BCUT2D eigenvalue weighted by Crippen LogP contribution is 2.37. The summed E-state index contributed by atoms with van der Waals surface area (Å²) in [5, 5.41) is 8.84. The summed E-state index contributed by atoms with van der Waals surface area (Å²) >= 11 is 0. The minimum Gasteiger partial charge on any atom is -0.496 e. The summed E-state index contributed by atoms with van der Waals surface area (Å²) < 4.78 is 10.8. The van der Waals surface area contributed by atoms with E-state index in [9.17, 15) is 4.79 Å². The van der Waals surface area contributed by atoms with Gasteiger partial charge in [-0.05, 0) is 23.1 Å². The molecule has 0 amide bonds. The molecule has 0 spiro atoms. The zero-order valence-electron chi connectivity index (χ0n) is 10.0. The number of fused-ring (bicyclic) bond motifs is 1. The molecule has 0 fully saturated rings. The number of rotatable bonds is 4. The minimum absolute atomic E-state index is 0.0617. The van der Waals surface area contributed by atoms with Gasteiger partial charge in [0.25, 0.3) is 0 Å². The second-order valence-electron chi connectivity index (χ2n) is 4.30. The molecular weight excluding hydrogens is 220 g/mol. The number of methoxy groups -OCH3 is 1. The number of carboxylic acids is 1. The van der Waals surface area contributed by atoms with Crippen molar-refractivity contribution >= 4 is 5.97 Å². The quantitative estimate of drug-likeness (QED) is 0.870. The van der Waals surface area contributed by atoms with Crippen LogP contribution in [0.25, 0.3) is 0 Å². The lowest BCUT2D eigenvalue weighted by atomic mass is 9.94. The van der Waals surface area contributed by atoms with Gasteiger partial charge in [0.05, 0.1) is 20.1 Å². The number of aliphatic carboxylic acids is 1. The molecule has 1 atom stereocenters. The predicted molar refractivity (Wildman–Crippen MR) is 62.9 cm³/mol. The van der Waals surface area contributed by atoms with Crippen molar-refractivity contribution < 1.29 is 19.4 Å². The molecular formula is C13H16O4. The predicted octanol–water partition coefficient (Wildman–Crippen LogP) is 2.21. The van der Waals surface area contributed by atoms with Crippen LogP contribution in [-0.2, 0) is 11.2 Å². The van der Waals surface area contributed by atoms with Gasteiger partial charge in [0, 0.05) is 12.5 Å². The van der Waals surface area contributed by atoms with Crippen LogP contribution in [0.3, 0.4) is 0 Å². The SMILES string of the molecule is COc1cc2c(cc1C(C)CC(=O)O)CCO2. The fourth-order valence-electron chi connectivity index (χ4n) is 2.16. The molecule has 4 heteroatoms. The minimum atomic E-state index is -0.795. The Morgan fingerprint density at radius 2 is 2.35 bits per heavy atom. The fourth-order valence-corrected chi connectivity index (χ4v) is 2.16. The molecule has 1 aromatic carbocycles. The maximum Gasteiger partial charge on any atom is 0.303 e. The lowest BCUT2D eigenvalue weighted by molar-refractivity contribution is -0.137. The van der Waals surface area contributed by atoms with Crippen LogP contribution >= 0.6 is 0 Å². The molecule has 0 saturated heterocycles. The van der Waals surface area contributed by atoms with E-state index in [0.717, 1.165) is 23.3 Å². The summed E-state index contributed by atoms with van der Waals surface area (Å²) in [5.74, 6) is 0.706. The Labute approximate surface area is 100 Å². The van der Waals surface area contributed by atoms with E-state index in [1.165, 1.54) is 0 Å². The second kappa shape index (κ2) is 4.65. The largest absolute Gasteiger partial charge is 0.496 e. The van der Waals surface area contributed by atoms with Gasteiger partial charge in [-0.15, -0.1) is 0 Å². The fraction of sp³-hybridized carbons (Fsp3) is 0.462. The standard InChI is InChI=1S/C13H16O4/c1-8(5-13(14)15)10-6-9-3-4-17-11(9)7-12(10)16-2/h6-8H,3-5H2,1-2H3,(H,14,15). The molecule has 1 unspecified atom stereocenters. The van der Waals surface area contributed by atoms with E-state index in [2.05, 4.69) is 0 Å². The smallest absolute Gasteiger partial charge is 0.303 e. The van der Waals surface area contributed by atoms with Crippen LogP contribution in [0.1, 0.15) is 30.4 Å². The maximum absolute atomic E-state index is 10.8. The van der Waals surface area contributed by atoms with Crippen LogP contribution in [0.5, 0.6) is 11.5 Å². The topological polar surface area (TPSA) is 55.8 Å². The summed E-state index contributed by atoms with van der Waals surface area (Å²) in [6.07, 6.45) is 0.988. The van der Waals surface area contributed by atoms with E-state index >= 15 is 0 Å². The summed E-state index contributed by atoms with van der Waals surface area (Å²) in [6, 6.07) is 3.87. The molecule has 1 aliphatic heterocycles. The van der Waals surface area contributed by atoms with Gasteiger partial charge in [0.15, 0.2) is 0 Å². The zero-order valence-corrected chi connectivity index (χ0v) is 10.0. The second-order valence-corrected chi connectivity index (χ2v) is 4.30. The molecule has 1 aromatic rings. The van der Waals surface area contributed by atoms with E-state index < -0.39 is 5.97 Å². The normalized spacial score (nSPS) is 14.9. The third-order valence-electron chi connectivity index (χ3n) is 3.05. The van der Waals surface area contributed by atoms with E-state index in [4.69, 9.17) is 14.6 Å². The van der Waals surface area contributed by atoms with Gasteiger partial charge in [0.2, 0.25) is 0 Å². The summed E-state index contributed by atoms with van der Waals surface area (Å²) in [6.45, 7) is 2.59. The number of ether oxygens (including phenoxy) is 2. The highest BCUT2D eigenvalue weighted by molar-refractivity contribution is 5.68. The van der Waals surface area contributed by atoms with Crippen LogP contribution in [0.15, 0.2) is 12.1 Å². The van der Waals surface area contributed by atoms with Gasteiger partial charge < -0.3 is 14.6 Å². The third-order valence-corrected chi connectivity index (χ3v) is 3.05. The highest BCUT2D eigenvalue weighted by atomic mass is 16.5. The van der Waals surface area contributed by atoms with Gasteiger partial charge in [-0.2, -0.15) is 0 Å². The van der Waals surface area contributed by atoms with Crippen LogP contribution in [0.2, 0.25) is 0 Å². The van der Waals surface area contributed by atoms with Crippen molar-refractivity contribution in [2.75, 3.05) is 13.7 Å². The molecule has 1 N–H and O–H groups in total. The first-order chi connectivity index (χ1) is 8.11. The molecule has 1 aliphatic rings. The Kier molecular flexibility index (Phi) is 3.22. The van der Waals surface area contributed by atoms with Crippen LogP contribution < -0.4 is 9.47 Å². The van der Waals surface area contributed by atoms with Crippen LogP contribution in [-0.4, -0.2) is 24.8 Å². The number of carbonyl (C=O) groups is 1. The first-order valence-electron chi connectivity index (χ1n) is 5.67. The molecule has 1 heterocycles. The van der Waals surface area contributed by atoms with E-state index in [0.29, 0.717) is 12.4 Å². The molecule has 92 valence electrons. The summed E-state index contributed by atoms with van der Waals surface area (Å²) in [5.41, 5.74) is 2.08. The lowest BCUT2D eigenvalue weighted by Gasteiger charge is -2.15. The first kappa shape index (κ1) is 11.8. The zero-order chi connectivity index (χ0) is 12.4. The molecule has 0 saturated carbocycles.